The third-order valence-corrected chi connectivity index (χ3v) is 3.64. The van der Waals surface area contributed by atoms with Gasteiger partial charge < -0.3 is 15.1 Å². The van der Waals surface area contributed by atoms with Crippen molar-refractivity contribution < 1.29 is 19.4 Å². The first-order valence-corrected chi connectivity index (χ1v) is 7.11. The van der Waals surface area contributed by atoms with Crippen molar-refractivity contribution >= 4 is 11.8 Å². The van der Waals surface area contributed by atoms with Gasteiger partial charge in [0.1, 0.15) is 0 Å². The molecular formula is C14H16FN5O3. The molecular weight excluding hydrogens is 305 g/mol. The molecule has 2 amide bonds. The lowest BCUT2D eigenvalue weighted by Crippen LogP contribution is -2.40. The molecule has 2 aromatic rings. The van der Waals surface area contributed by atoms with Crippen LogP contribution < -0.4 is 5.32 Å². The van der Waals surface area contributed by atoms with Gasteiger partial charge in [0.05, 0.1) is 18.8 Å². The molecule has 3 N–H and O–H groups in total. The number of nitrogens with zero attached hydrogens (tertiary/aromatic N) is 4. The summed E-state index contributed by atoms with van der Waals surface area (Å²) in [7, 11) is 0. The van der Waals surface area contributed by atoms with Crippen molar-refractivity contribution in [3.8, 4) is 5.82 Å². The van der Waals surface area contributed by atoms with Gasteiger partial charge in [-0.25, -0.2) is 18.9 Å². The molecule has 9 heteroatoms. The maximum Gasteiger partial charge on any atom is 0.323 e. The Hall–Kier alpha value is -2.52. The van der Waals surface area contributed by atoms with Gasteiger partial charge in [0, 0.05) is 25.0 Å². The molecule has 1 aliphatic heterocycles. The number of anilines is 1. The average molecular weight is 321 g/mol. The van der Waals surface area contributed by atoms with E-state index in [2.05, 4.69) is 15.4 Å². The minimum absolute atomic E-state index is 0.0258. The number of hydrogen-bond donors (Lipinski definition) is 3. The summed E-state index contributed by atoms with van der Waals surface area (Å²) < 4.78 is 14.9. The van der Waals surface area contributed by atoms with Crippen LogP contribution in [0.5, 0.6) is 0 Å². The molecule has 2 aromatic heterocycles. The van der Waals surface area contributed by atoms with Gasteiger partial charge in [0.2, 0.25) is 0 Å². The van der Waals surface area contributed by atoms with Gasteiger partial charge in [-0.05, 0) is 18.6 Å². The Morgan fingerprint density at radius 1 is 1.48 bits per heavy atom. The maximum atomic E-state index is 13.7. The van der Waals surface area contributed by atoms with Gasteiger partial charge in [-0.3, -0.25) is 5.32 Å². The van der Waals surface area contributed by atoms with E-state index < -0.39 is 24.0 Å². The van der Waals surface area contributed by atoms with Gasteiger partial charge >= 0.3 is 6.03 Å². The van der Waals surface area contributed by atoms with Crippen molar-refractivity contribution in [2.45, 2.75) is 18.6 Å². The number of hydrogen-bond acceptors (Lipinski definition) is 5. The third-order valence-electron chi connectivity index (χ3n) is 3.64. The number of nitrogens with one attached hydrogen (secondary N) is 1. The lowest BCUT2D eigenvalue weighted by Gasteiger charge is -2.22. The Morgan fingerprint density at radius 2 is 2.30 bits per heavy atom. The minimum Gasteiger partial charge on any atom is -0.394 e. The molecule has 2 atom stereocenters. The number of urea groups is 1. The van der Waals surface area contributed by atoms with Gasteiger partial charge in [0.25, 0.3) is 0 Å². The van der Waals surface area contributed by atoms with E-state index in [9.17, 15) is 19.4 Å². The zero-order chi connectivity index (χ0) is 16.4. The Morgan fingerprint density at radius 3 is 3.04 bits per heavy atom. The lowest BCUT2D eigenvalue weighted by atomic mass is 10.2. The van der Waals surface area contributed by atoms with Gasteiger partial charge in [0.15, 0.2) is 17.5 Å². The Bertz CT molecular complexity index is 707. The number of halogens is 1. The second-order valence-corrected chi connectivity index (χ2v) is 5.26. The maximum absolute atomic E-state index is 13.7. The summed E-state index contributed by atoms with van der Waals surface area (Å²) >= 11 is 0. The van der Waals surface area contributed by atoms with Crippen molar-refractivity contribution in [3.05, 3.63) is 36.4 Å². The van der Waals surface area contributed by atoms with Crippen molar-refractivity contribution in [1.82, 2.24) is 19.7 Å². The van der Waals surface area contributed by atoms with Crippen LogP contribution in [-0.2, 0) is 0 Å². The number of pyridine rings is 1. The van der Waals surface area contributed by atoms with E-state index in [1.807, 2.05) is 0 Å². The monoisotopic (exact) mass is 321 g/mol. The molecule has 0 aliphatic carbocycles. The van der Waals surface area contributed by atoms with E-state index in [1.165, 1.54) is 40.2 Å². The number of rotatable bonds is 3. The molecule has 0 saturated carbocycles. The van der Waals surface area contributed by atoms with E-state index in [0.29, 0.717) is 6.42 Å². The highest BCUT2D eigenvalue weighted by atomic mass is 19.1. The fourth-order valence-electron chi connectivity index (χ4n) is 2.55. The van der Waals surface area contributed by atoms with Gasteiger partial charge in [-0.1, -0.05) is 0 Å². The van der Waals surface area contributed by atoms with Gasteiger partial charge in [-0.15, -0.1) is 5.10 Å². The molecule has 0 aromatic carbocycles. The molecule has 3 heterocycles. The molecule has 1 saturated heterocycles. The highest BCUT2D eigenvalue weighted by molar-refractivity contribution is 5.88. The Kier molecular flexibility index (Phi) is 4.22. The zero-order valence-electron chi connectivity index (χ0n) is 12.1. The summed E-state index contributed by atoms with van der Waals surface area (Å²) in [5.74, 6) is -0.285. The van der Waals surface area contributed by atoms with Crippen LogP contribution in [0.2, 0.25) is 0 Å². The number of likely N-dealkylation sites (tertiary alicyclic amines) is 1. The normalized spacial score (nSPS) is 20.7. The first-order valence-electron chi connectivity index (χ1n) is 7.11. The number of aliphatic hydroxyl groups is 2. The summed E-state index contributed by atoms with van der Waals surface area (Å²) in [4.78, 5) is 17.4. The van der Waals surface area contributed by atoms with Crippen LogP contribution in [0.15, 0.2) is 30.6 Å². The van der Waals surface area contributed by atoms with E-state index in [0.717, 1.165) is 0 Å². The third kappa shape index (κ3) is 3.15. The molecule has 8 nitrogen and oxygen atoms in total. The van der Waals surface area contributed by atoms with Crippen LogP contribution >= 0.6 is 0 Å². The topological polar surface area (TPSA) is 104 Å². The molecule has 0 spiro atoms. The molecule has 122 valence electrons. The first-order chi connectivity index (χ1) is 11.1. The molecule has 0 radical (unpaired) electrons. The van der Waals surface area contributed by atoms with Crippen molar-refractivity contribution in [1.29, 1.82) is 0 Å². The number of carbonyl (C=O) groups is 1. The predicted octanol–water partition coefficient (Wildman–Crippen LogP) is 0.366. The Balaban J connectivity index is 1.72. The van der Waals surface area contributed by atoms with E-state index in [1.54, 1.807) is 0 Å². The summed E-state index contributed by atoms with van der Waals surface area (Å²) in [5, 5.41) is 25.5. The largest absolute Gasteiger partial charge is 0.394 e. The van der Waals surface area contributed by atoms with Crippen LogP contribution in [0, 0.1) is 5.82 Å². The van der Waals surface area contributed by atoms with Crippen LogP contribution in [0.1, 0.15) is 6.42 Å². The predicted molar refractivity (Wildman–Crippen MR) is 78.5 cm³/mol. The standard InChI is InChI=1S/C14H16FN5O3/c15-11-2-1-4-16-13(11)20-5-3-12(18-20)17-14(23)19-7-10(22)6-9(19)8-21/h1-5,9-10,21-22H,6-8H2,(H,17,18,23)/t9-,10-/m0/s1. The lowest BCUT2D eigenvalue weighted by molar-refractivity contribution is 0.164. The fourth-order valence-corrected chi connectivity index (χ4v) is 2.55. The smallest absolute Gasteiger partial charge is 0.323 e. The quantitative estimate of drug-likeness (QED) is 0.757. The van der Waals surface area contributed by atoms with E-state index >= 15 is 0 Å². The van der Waals surface area contributed by atoms with Crippen LogP contribution in [0.3, 0.4) is 0 Å². The fraction of sp³-hybridized carbons (Fsp3) is 0.357. The molecule has 0 bridgehead atoms. The zero-order valence-corrected chi connectivity index (χ0v) is 12.1. The second-order valence-electron chi connectivity index (χ2n) is 5.26. The average Bonchev–Trinajstić information content (AvgIpc) is 3.14. The number of amides is 2. The number of carbonyl (C=O) groups excluding carboxylic acids is 1. The summed E-state index contributed by atoms with van der Waals surface area (Å²) in [6.07, 6.45) is 2.59. The van der Waals surface area contributed by atoms with Gasteiger partial charge in [-0.2, -0.15) is 0 Å². The van der Waals surface area contributed by atoms with E-state index in [4.69, 9.17) is 0 Å². The van der Waals surface area contributed by atoms with Crippen molar-refractivity contribution in [2.75, 3.05) is 18.5 Å². The minimum atomic E-state index is -0.655. The molecule has 23 heavy (non-hydrogen) atoms. The SMILES string of the molecule is O=C(Nc1ccn(-c2ncccc2F)n1)N1C[C@@H](O)C[C@H]1CO. The van der Waals surface area contributed by atoms with Crippen molar-refractivity contribution in [2.24, 2.45) is 0 Å². The first kappa shape index (κ1) is 15.4. The Labute approximate surface area is 131 Å². The molecule has 3 rings (SSSR count). The molecule has 1 aliphatic rings. The summed E-state index contributed by atoms with van der Waals surface area (Å²) in [6, 6.07) is 3.33. The highest BCUT2D eigenvalue weighted by Crippen LogP contribution is 2.19. The summed E-state index contributed by atoms with van der Waals surface area (Å²) in [6.45, 7) is -0.0787. The highest BCUT2D eigenvalue weighted by Gasteiger charge is 2.34. The van der Waals surface area contributed by atoms with Crippen LogP contribution in [0.25, 0.3) is 5.82 Å². The second kappa shape index (κ2) is 6.31. The van der Waals surface area contributed by atoms with E-state index in [-0.39, 0.29) is 24.8 Å². The number of β-amino-alcohol motifs (C(OH)–C–C–N with tert-alkyl or cyclic N) is 1. The van der Waals surface area contributed by atoms with Crippen LogP contribution in [0.4, 0.5) is 15.0 Å². The summed E-state index contributed by atoms with van der Waals surface area (Å²) in [5.41, 5.74) is 0. The number of aliphatic hydroxyl groups excluding tert-OH is 2. The molecule has 1 fully saturated rings. The number of aromatic nitrogens is 3. The van der Waals surface area contributed by atoms with Crippen LogP contribution in [-0.4, -0.2) is 61.2 Å². The van der Waals surface area contributed by atoms with Crippen molar-refractivity contribution in [3.63, 3.8) is 0 Å². The molecule has 0 unspecified atom stereocenters.